The summed E-state index contributed by atoms with van der Waals surface area (Å²) in [5, 5.41) is 9.34. The molecule has 0 unspecified atom stereocenters. The number of allylic oxidation sites excluding steroid dienone is 1. The summed E-state index contributed by atoms with van der Waals surface area (Å²) < 4.78 is 10.5. The third kappa shape index (κ3) is 2.99. The van der Waals surface area contributed by atoms with Crippen molar-refractivity contribution >= 4 is 11.6 Å². The molecule has 0 amide bonds. The van der Waals surface area contributed by atoms with E-state index in [-0.39, 0.29) is 0 Å². The van der Waals surface area contributed by atoms with Crippen molar-refractivity contribution in [2.75, 3.05) is 14.2 Å². The Morgan fingerprint density at radius 1 is 1.05 bits per heavy atom. The smallest absolute Gasteiger partial charge is 0.126 e. The van der Waals surface area contributed by atoms with Gasteiger partial charge in [-0.2, -0.15) is 5.26 Å². The van der Waals surface area contributed by atoms with Gasteiger partial charge in [-0.1, -0.05) is 30.3 Å². The third-order valence-corrected chi connectivity index (χ3v) is 2.94. The molecule has 0 saturated carbocycles. The Hall–Kier alpha value is -2.73. The van der Waals surface area contributed by atoms with Crippen LogP contribution in [-0.4, -0.2) is 14.2 Å². The van der Waals surface area contributed by atoms with Crippen LogP contribution in [-0.2, 0) is 0 Å². The lowest BCUT2D eigenvalue weighted by molar-refractivity contribution is 0.402. The van der Waals surface area contributed by atoms with Crippen LogP contribution in [0.5, 0.6) is 11.5 Å². The molecule has 0 aromatic heterocycles. The summed E-state index contributed by atoms with van der Waals surface area (Å²) in [7, 11) is 3.21. The van der Waals surface area contributed by atoms with Crippen molar-refractivity contribution < 1.29 is 9.47 Å². The van der Waals surface area contributed by atoms with Gasteiger partial charge in [-0.25, -0.2) is 0 Å². The van der Waals surface area contributed by atoms with E-state index in [0.29, 0.717) is 11.3 Å². The molecule has 0 spiro atoms. The topological polar surface area (TPSA) is 42.2 Å². The van der Waals surface area contributed by atoms with Crippen LogP contribution in [0, 0.1) is 11.3 Å². The van der Waals surface area contributed by atoms with Crippen LogP contribution < -0.4 is 9.47 Å². The van der Waals surface area contributed by atoms with Crippen LogP contribution in [0.3, 0.4) is 0 Å². The number of benzene rings is 2. The monoisotopic (exact) mass is 265 g/mol. The number of nitriles is 1. The molecule has 0 radical (unpaired) electrons. The molecule has 0 atom stereocenters. The van der Waals surface area contributed by atoms with Crippen LogP contribution in [0.1, 0.15) is 11.1 Å². The largest absolute Gasteiger partial charge is 0.497 e. The van der Waals surface area contributed by atoms with Crippen molar-refractivity contribution in [1.82, 2.24) is 0 Å². The van der Waals surface area contributed by atoms with E-state index in [2.05, 4.69) is 6.07 Å². The minimum Gasteiger partial charge on any atom is -0.497 e. The molecule has 3 nitrogen and oxygen atoms in total. The standard InChI is InChI=1S/C17H15NO2/c1-19-16-8-9-17(20-2)14(11-16)10-15(12-18)13-6-4-3-5-7-13/h3-11H,1-2H3/b15-10-. The van der Waals surface area contributed by atoms with Crippen molar-refractivity contribution in [3.05, 3.63) is 59.7 Å². The van der Waals surface area contributed by atoms with Crippen LogP contribution in [0.25, 0.3) is 11.6 Å². The average Bonchev–Trinajstić information content (AvgIpc) is 2.53. The molecular formula is C17H15NO2. The van der Waals surface area contributed by atoms with Gasteiger partial charge in [0.25, 0.3) is 0 Å². The Kier molecular flexibility index (Phi) is 4.41. The Morgan fingerprint density at radius 3 is 2.40 bits per heavy atom. The molecule has 20 heavy (non-hydrogen) atoms. The van der Waals surface area contributed by atoms with Gasteiger partial charge in [-0.15, -0.1) is 0 Å². The SMILES string of the molecule is COc1ccc(OC)c(/C=C(/C#N)c2ccccc2)c1. The Morgan fingerprint density at radius 2 is 1.80 bits per heavy atom. The van der Waals surface area contributed by atoms with Gasteiger partial charge >= 0.3 is 0 Å². The third-order valence-electron chi connectivity index (χ3n) is 2.94. The Labute approximate surface area is 118 Å². The fourth-order valence-electron chi connectivity index (χ4n) is 1.91. The van der Waals surface area contributed by atoms with Crippen molar-refractivity contribution in [3.63, 3.8) is 0 Å². The summed E-state index contributed by atoms with van der Waals surface area (Å²) in [5.74, 6) is 1.43. The summed E-state index contributed by atoms with van der Waals surface area (Å²) in [6.07, 6.45) is 1.80. The fraction of sp³-hybridized carbons (Fsp3) is 0.118. The molecule has 0 saturated heterocycles. The molecule has 2 aromatic carbocycles. The molecule has 0 heterocycles. The number of rotatable bonds is 4. The van der Waals surface area contributed by atoms with Crippen LogP contribution in [0.4, 0.5) is 0 Å². The Bertz CT molecular complexity index is 654. The molecule has 0 aliphatic rings. The van der Waals surface area contributed by atoms with Crippen molar-refractivity contribution in [2.45, 2.75) is 0 Å². The molecule has 2 aromatic rings. The van der Waals surface area contributed by atoms with Gasteiger partial charge in [0.1, 0.15) is 11.5 Å². The van der Waals surface area contributed by atoms with Gasteiger partial charge < -0.3 is 9.47 Å². The maximum absolute atomic E-state index is 9.34. The highest BCUT2D eigenvalue weighted by atomic mass is 16.5. The van der Waals surface area contributed by atoms with Gasteiger partial charge in [0.05, 0.1) is 25.9 Å². The van der Waals surface area contributed by atoms with Crippen LogP contribution in [0.2, 0.25) is 0 Å². The zero-order chi connectivity index (χ0) is 14.4. The molecule has 2 rings (SSSR count). The summed E-state index contributed by atoms with van der Waals surface area (Å²) in [4.78, 5) is 0. The fourth-order valence-corrected chi connectivity index (χ4v) is 1.91. The van der Waals surface area contributed by atoms with E-state index in [1.54, 1.807) is 20.3 Å². The summed E-state index contributed by atoms with van der Waals surface area (Å²) >= 11 is 0. The average molecular weight is 265 g/mol. The van der Waals surface area contributed by atoms with Gasteiger partial charge in [-0.3, -0.25) is 0 Å². The first-order valence-corrected chi connectivity index (χ1v) is 6.17. The zero-order valence-electron chi connectivity index (χ0n) is 11.5. The lowest BCUT2D eigenvalue weighted by Crippen LogP contribution is -1.90. The number of nitrogens with zero attached hydrogens (tertiary/aromatic N) is 1. The molecule has 0 aliphatic heterocycles. The normalized spacial score (nSPS) is 10.8. The first-order chi connectivity index (χ1) is 9.78. The van der Waals surface area contributed by atoms with Gasteiger partial charge in [0, 0.05) is 5.56 Å². The second kappa shape index (κ2) is 6.44. The highest BCUT2D eigenvalue weighted by molar-refractivity contribution is 5.90. The van der Waals surface area contributed by atoms with Crippen molar-refractivity contribution in [3.8, 4) is 17.6 Å². The maximum atomic E-state index is 9.34. The predicted molar refractivity (Wildman–Crippen MR) is 79.5 cm³/mol. The second-order valence-electron chi connectivity index (χ2n) is 4.14. The van der Waals surface area contributed by atoms with E-state index >= 15 is 0 Å². The number of hydrogen-bond acceptors (Lipinski definition) is 3. The minimum atomic E-state index is 0.581. The van der Waals surface area contributed by atoms with Gasteiger partial charge in [-0.05, 0) is 29.8 Å². The lowest BCUT2D eigenvalue weighted by Gasteiger charge is -2.08. The van der Waals surface area contributed by atoms with Crippen molar-refractivity contribution in [2.24, 2.45) is 0 Å². The molecule has 0 bridgehead atoms. The van der Waals surface area contributed by atoms with E-state index in [4.69, 9.17) is 9.47 Å². The summed E-state index contributed by atoms with van der Waals surface area (Å²) in [5.41, 5.74) is 2.27. The molecule has 0 N–H and O–H groups in total. The lowest BCUT2D eigenvalue weighted by atomic mass is 10.0. The first kappa shape index (κ1) is 13.7. The minimum absolute atomic E-state index is 0.581. The van der Waals surface area contributed by atoms with E-state index in [0.717, 1.165) is 16.9 Å². The molecule has 3 heteroatoms. The zero-order valence-corrected chi connectivity index (χ0v) is 11.5. The summed E-state index contributed by atoms with van der Waals surface area (Å²) in [6, 6.07) is 17.3. The Balaban J connectivity index is 2.50. The van der Waals surface area contributed by atoms with Crippen LogP contribution in [0.15, 0.2) is 48.5 Å². The van der Waals surface area contributed by atoms with E-state index in [9.17, 15) is 5.26 Å². The quantitative estimate of drug-likeness (QED) is 0.624. The van der Waals surface area contributed by atoms with Gasteiger partial charge in [0.2, 0.25) is 0 Å². The molecule has 0 aliphatic carbocycles. The maximum Gasteiger partial charge on any atom is 0.126 e. The van der Waals surface area contributed by atoms with Gasteiger partial charge in [0.15, 0.2) is 0 Å². The second-order valence-corrected chi connectivity index (χ2v) is 4.14. The van der Waals surface area contributed by atoms with Crippen molar-refractivity contribution in [1.29, 1.82) is 5.26 Å². The predicted octanol–water partition coefficient (Wildman–Crippen LogP) is 3.77. The molecule has 0 fully saturated rings. The first-order valence-electron chi connectivity index (χ1n) is 6.17. The number of methoxy groups -OCH3 is 2. The number of hydrogen-bond donors (Lipinski definition) is 0. The van der Waals surface area contributed by atoms with E-state index in [1.165, 1.54) is 0 Å². The molecule has 100 valence electrons. The van der Waals surface area contributed by atoms with E-state index < -0.39 is 0 Å². The highest BCUT2D eigenvalue weighted by Gasteiger charge is 2.06. The van der Waals surface area contributed by atoms with E-state index in [1.807, 2.05) is 48.5 Å². The summed E-state index contributed by atoms with van der Waals surface area (Å²) in [6.45, 7) is 0. The molecular weight excluding hydrogens is 250 g/mol. The number of ether oxygens (including phenoxy) is 2. The highest BCUT2D eigenvalue weighted by Crippen LogP contribution is 2.28. The van der Waals surface area contributed by atoms with Crippen LogP contribution >= 0.6 is 0 Å².